The van der Waals surface area contributed by atoms with E-state index in [0.717, 1.165) is 25.3 Å². The summed E-state index contributed by atoms with van der Waals surface area (Å²) in [4.78, 5) is 0. The topological polar surface area (TPSA) is 12.0 Å². The van der Waals surface area contributed by atoms with Gasteiger partial charge in [-0.3, -0.25) is 0 Å². The molecule has 0 heterocycles. The van der Waals surface area contributed by atoms with E-state index >= 15 is 0 Å². The molecule has 1 atom stereocenters. The molecule has 19 heavy (non-hydrogen) atoms. The van der Waals surface area contributed by atoms with Crippen LogP contribution in [0.1, 0.15) is 50.6 Å². The van der Waals surface area contributed by atoms with Crippen molar-refractivity contribution < 1.29 is 13.2 Å². The molecule has 1 aliphatic rings. The second kappa shape index (κ2) is 6.42. The lowest BCUT2D eigenvalue weighted by molar-refractivity contribution is 0.386. The maximum Gasteiger partial charge on any atom is 0.161 e. The second-order valence-corrected chi connectivity index (χ2v) is 5.28. The van der Waals surface area contributed by atoms with Crippen molar-refractivity contribution in [3.8, 4) is 0 Å². The summed E-state index contributed by atoms with van der Waals surface area (Å²) in [5.74, 6) is -2.22. The molecule has 4 heteroatoms. The van der Waals surface area contributed by atoms with Gasteiger partial charge in [-0.15, -0.1) is 0 Å². The van der Waals surface area contributed by atoms with Crippen molar-refractivity contribution in [3.05, 3.63) is 35.1 Å². The van der Waals surface area contributed by atoms with Crippen LogP contribution in [0.2, 0.25) is 0 Å². The number of halogens is 3. The van der Waals surface area contributed by atoms with E-state index in [2.05, 4.69) is 5.32 Å². The first kappa shape index (κ1) is 14.4. The first-order chi connectivity index (χ1) is 9.11. The normalized spacial score (nSPS) is 17.9. The van der Waals surface area contributed by atoms with E-state index in [9.17, 15) is 13.2 Å². The fourth-order valence-electron chi connectivity index (χ4n) is 2.95. The molecule has 1 N–H and O–H groups in total. The molecule has 0 amide bonds. The summed E-state index contributed by atoms with van der Waals surface area (Å²) in [6, 6.07) is 1.40. The lowest BCUT2D eigenvalue weighted by Gasteiger charge is -2.22. The molecule has 0 spiro atoms. The minimum atomic E-state index is -1.13. The standard InChI is InChI=1S/C15H20F3N/c1-2-19-15(7-10-5-3-4-6-10)11-8-13(17)14(18)9-12(11)16/h8-10,15,19H,2-7H2,1H3. The van der Waals surface area contributed by atoms with Gasteiger partial charge in [0, 0.05) is 17.7 Å². The van der Waals surface area contributed by atoms with E-state index in [-0.39, 0.29) is 11.6 Å². The number of hydrogen-bond acceptors (Lipinski definition) is 1. The summed E-state index contributed by atoms with van der Waals surface area (Å²) in [5, 5.41) is 3.18. The summed E-state index contributed by atoms with van der Waals surface area (Å²) in [6.07, 6.45) is 5.50. The van der Waals surface area contributed by atoms with Gasteiger partial charge in [0.1, 0.15) is 5.82 Å². The Morgan fingerprint density at radius 3 is 2.37 bits per heavy atom. The van der Waals surface area contributed by atoms with E-state index in [0.29, 0.717) is 18.5 Å². The molecule has 2 rings (SSSR count). The van der Waals surface area contributed by atoms with E-state index in [1.165, 1.54) is 12.8 Å². The van der Waals surface area contributed by atoms with Crippen molar-refractivity contribution in [3.63, 3.8) is 0 Å². The Bertz CT molecular complexity index is 428. The molecule has 0 bridgehead atoms. The van der Waals surface area contributed by atoms with Crippen LogP contribution in [0.3, 0.4) is 0 Å². The maximum atomic E-state index is 13.8. The summed E-state index contributed by atoms with van der Waals surface area (Å²) >= 11 is 0. The molecule has 1 nitrogen and oxygen atoms in total. The molecule has 1 saturated carbocycles. The monoisotopic (exact) mass is 271 g/mol. The first-order valence-corrected chi connectivity index (χ1v) is 6.99. The summed E-state index contributed by atoms with van der Waals surface area (Å²) in [6.45, 7) is 2.61. The molecular weight excluding hydrogens is 251 g/mol. The van der Waals surface area contributed by atoms with Crippen molar-refractivity contribution in [2.45, 2.75) is 45.1 Å². The third-order valence-electron chi connectivity index (χ3n) is 3.91. The van der Waals surface area contributed by atoms with Gasteiger partial charge in [0.2, 0.25) is 0 Å². The van der Waals surface area contributed by atoms with Gasteiger partial charge in [-0.1, -0.05) is 32.6 Å². The molecule has 1 aromatic rings. The van der Waals surface area contributed by atoms with Gasteiger partial charge in [0.25, 0.3) is 0 Å². The van der Waals surface area contributed by atoms with Crippen LogP contribution < -0.4 is 5.32 Å². The van der Waals surface area contributed by atoms with Crippen LogP contribution in [0.5, 0.6) is 0 Å². The summed E-state index contributed by atoms with van der Waals surface area (Å²) in [7, 11) is 0. The highest BCUT2D eigenvalue weighted by Crippen LogP contribution is 2.34. The number of hydrogen-bond donors (Lipinski definition) is 1. The van der Waals surface area contributed by atoms with Gasteiger partial charge in [-0.25, -0.2) is 13.2 Å². The zero-order valence-corrected chi connectivity index (χ0v) is 11.2. The predicted molar refractivity (Wildman–Crippen MR) is 69.3 cm³/mol. The third-order valence-corrected chi connectivity index (χ3v) is 3.91. The minimum Gasteiger partial charge on any atom is -0.310 e. The lowest BCUT2D eigenvalue weighted by Crippen LogP contribution is -2.24. The third kappa shape index (κ3) is 3.50. The van der Waals surface area contributed by atoms with Gasteiger partial charge in [0.05, 0.1) is 0 Å². The van der Waals surface area contributed by atoms with E-state index < -0.39 is 17.5 Å². The Balaban J connectivity index is 2.19. The van der Waals surface area contributed by atoms with Crippen LogP contribution in [-0.2, 0) is 0 Å². The van der Waals surface area contributed by atoms with Crippen molar-refractivity contribution >= 4 is 0 Å². The van der Waals surface area contributed by atoms with Crippen LogP contribution >= 0.6 is 0 Å². The van der Waals surface area contributed by atoms with Crippen LogP contribution in [0, 0.1) is 23.4 Å². The molecule has 1 aliphatic carbocycles. The Morgan fingerprint density at radius 2 is 1.74 bits per heavy atom. The zero-order chi connectivity index (χ0) is 13.8. The molecule has 1 unspecified atom stereocenters. The molecule has 0 saturated heterocycles. The van der Waals surface area contributed by atoms with Crippen molar-refractivity contribution in [1.82, 2.24) is 5.32 Å². The highest BCUT2D eigenvalue weighted by Gasteiger charge is 2.24. The Morgan fingerprint density at radius 1 is 1.11 bits per heavy atom. The quantitative estimate of drug-likeness (QED) is 0.786. The van der Waals surface area contributed by atoms with Gasteiger partial charge < -0.3 is 5.32 Å². The van der Waals surface area contributed by atoms with Gasteiger partial charge >= 0.3 is 0 Å². The van der Waals surface area contributed by atoms with Crippen molar-refractivity contribution in [1.29, 1.82) is 0 Å². The summed E-state index contributed by atoms with van der Waals surface area (Å²) < 4.78 is 40.1. The Hall–Kier alpha value is -1.03. The van der Waals surface area contributed by atoms with Gasteiger partial charge in [0.15, 0.2) is 11.6 Å². The average molecular weight is 271 g/mol. The molecular formula is C15H20F3N. The maximum absolute atomic E-state index is 13.8. The highest BCUT2D eigenvalue weighted by atomic mass is 19.2. The van der Waals surface area contributed by atoms with E-state index in [1.54, 1.807) is 0 Å². The van der Waals surface area contributed by atoms with E-state index in [1.807, 2.05) is 6.92 Å². The van der Waals surface area contributed by atoms with Crippen molar-refractivity contribution in [2.24, 2.45) is 5.92 Å². The Labute approximate surface area is 112 Å². The molecule has 1 aromatic carbocycles. The largest absolute Gasteiger partial charge is 0.310 e. The molecule has 106 valence electrons. The number of rotatable bonds is 5. The highest BCUT2D eigenvalue weighted by molar-refractivity contribution is 5.23. The van der Waals surface area contributed by atoms with E-state index in [4.69, 9.17) is 0 Å². The van der Waals surface area contributed by atoms with Crippen LogP contribution in [0.4, 0.5) is 13.2 Å². The fraction of sp³-hybridized carbons (Fsp3) is 0.600. The smallest absolute Gasteiger partial charge is 0.161 e. The summed E-state index contributed by atoms with van der Waals surface area (Å²) in [5.41, 5.74) is 0.243. The number of nitrogens with one attached hydrogen (secondary N) is 1. The molecule has 1 fully saturated rings. The SMILES string of the molecule is CCNC(CC1CCCC1)c1cc(F)c(F)cc1F. The molecule has 0 radical (unpaired) electrons. The minimum absolute atomic E-state index is 0.233. The van der Waals surface area contributed by atoms with Crippen LogP contribution in [0.25, 0.3) is 0 Å². The fourth-order valence-corrected chi connectivity index (χ4v) is 2.95. The van der Waals surface area contributed by atoms with Gasteiger partial charge in [-0.05, 0) is 24.9 Å². The van der Waals surface area contributed by atoms with Gasteiger partial charge in [-0.2, -0.15) is 0 Å². The molecule has 0 aliphatic heterocycles. The predicted octanol–water partition coefficient (Wildman–Crippen LogP) is 4.33. The van der Waals surface area contributed by atoms with Crippen molar-refractivity contribution in [2.75, 3.05) is 6.54 Å². The number of benzene rings is 1. The lowest BCUT2D eigenvalue weighted by atomic mass is 9.93. The second-order valence-electron chi connectivity index (χ2n) is 5.28. The Kier molecular flexibility index (Phi) is 4.86. The first-order valence-electron chi connectivity index (χ1n) is 6.99. The zero-order valence-electron chi connectivity index (χ0n) is 11.2. The molecule has 0 aromatic heterocycles. The van der Waals surface area contributed by atoms with Crippen LogP contribution in [0.15, 0.2) is 12.1 Å². The van der Waals surface area contributed by atoms with Crippen LogP contribution in [-0.4, -0.2) is 6.54 Å². The average Bonchev–Trinajstić information content (AvgIpc) is 2.86.